The Bertz CT molecular complexity index is 1310. The highest BCUT2D eigenvalue weighted by Gasteiger charge is 2.30. The van der Waals surface area contributed by atoms with Gasteiger partial charge in [0.15, 0.2) is 0 Å². The first-order valence-electron chi connectivity index (χ1n) is 10.4. The van der Waals surface area contributed by atoms with Crippen molar-refractivity contribution in [1.82, 2.24) is 14.5 Å². The van der Waals surface area contributed by atoms with Gasteiger partial charge in [0.25, 0.3) is 5.69 Å². The Kier molecular flexibility index (Phi) is 6.80. The van der Waals surface area contributed by atoms with E-state index in [4.69, 9.17) is 4.42 Å². The van der Waals surface area contributed by atoms with Gasteiger partial charge in [-0.05, 0) is 30.5 Å². The topological polar surface area (TPSA) is 149 Å². The molecule has 1 saturated heterocycles. The number of aromatic nitrogens is 2. The van der Waals surface area contributed by atoms with Crippen LogP contribution in [0.25, 0.3) is 17.5 Å². The third-order valence-electron chi connectivity index (χ3n) is 5.38. The molecule has 1 fully saturated rings. The summed E-state index contributed by atoms with van der Waals surface area (Å²) in [5, 5.41) is 22.3. The van der Waals surface area contributed by atoms with Crippen molar-refractivity contribution in [1.29, 1.82) is 0 Å². The summed E-state index contributed by atoms with van der Waals surface area (Å²) >= 11 is 0. The van der Waals surface area contributed by atoms with Crippen LogP contribution in [0.2, 0.25) is 0 Å². The smallest absolute Gasteiger partial charge is 0.322 e. The van der Waals surface area contributed by atoms with Gasteiger partial charge in [0.2, 0.25) is 21.8 Å². The molecule has 11 nitrogen and oxygen atoms in total. The van der Waals surface area contributed by atoms with Gasteiger partial charge in [0, 0.05) is 42.1 Å². The van der Waals surface area contributed by atoms with E-state index >= 15 is 0 Å². The maximum absolute atomic E-state index is 12.6. The van der Waals surface area contributed by atoms with Crippen molar-refractivity contribution in [3.8, 4) is 11.5 Å². The van der Waals surface area contributed by atoms with Crippen LogP contribution in [0, 0.1) is 16.0 Å². The molecule has 34 heavy (non-hydrogen) atoms. The molecular weight excluding hydrogens is 462 g/mol. The molecule has 12 heteroatoms. The predicted octanol–water partition coefficient (Wildman–Crippen LogP) is 3.30. The number of anilines is 1. The Hall–Kier alpha value is -3.90. The van der Waals surface area contributed by atoms with Crippen molar-refractivity contribution in [2.24, 2.45) is 5.92 Å². The van der Waals surface area contributed by atoms with Crippen LogP contribution in [0.4, 0.5) is 11.7 Å². The predicted molar refractivity (Wildman–Crippen MR) is 124 cm³/mol. The molecule has 2 heterocycles. The van der Waals surface area contributed by atoms with Crippen LogP contribution < -0.4 is 5.32 Å². The van der Waals surface area contributed by atoms with Crippen molar-refractivity contribution < 1.29 is 22.6 Å². The normalized spacial score (nSPS) is 15.4. The molecule has 0 aliphatic carbocycles. The summed E-state index contributed by atoms with van der Waals surface area (Å²) in [6.45, 7) is 0.421. The Morgan fingerprint density at radius 3 is 2.56 bits per heavy atom. The minimum absolute atomic E-state index is 0.0325. The number of nitro benzene ring substituents is 1. The van der Waals surface area contributed by atoms with Gasteiger partial charge in [-0.3, -0.25) is 20.2 Å². The van der Waals surface area contributed by atoms with Crippen molar-refractivity contribution in [2.45, 2.75) is 12.8 Å². The fourth-order valence-electron chi connectivity index (χ4n) is 3.54. The Labute approximate surface area is 195 Å². The number of nitro groups is 1. The molecule has 1 N–H and O–H groups in total. The molecule has 3 aromatic rings. The summed E-state index contributed by atoms with van der Waals surface area (Å²) in [6, 6.07) is 14.7. The number of hydrogen-bond acceptors (Lipinski definition) is 8. The highest BCUT2D eigenvalue weighted by atomic mass is 32.2. The molecular formula is C22H21N5O6S. The second kappa shape index (κ2) is 9.93. The molecule has 1 amide bonds. The molecule has 176 valence electrons. The summed E-state index contributed by atoms with van der Waals surface area (Å²) in [5.41, 5.74) is 1.01. The number of nitrogens with one attached hydrogen (secondary N) is 1. The van der Waals surface area contributed by atoms with Crippen LogP contribution in [0.15, 0.2) is 64.4 Å². The van der Waals surface area contributed by atoms with Gasteiger partial charge >= 0.3 is 6.01 Å². The monoisotopic (exact) mass is 483 g/mol. The number of non-ortho nitro benzene ring substituents is 1. The lowest BCUT2D eigenvalue weighted by atomic mass is 9.97. The second-order valence-electron chi connectivity index (χ2n) is 7.64. The van der Waals surface area contributed by atoms with Crippen LogP contribution in [-0.4, -0.2) is 46.8 Å². The van der Waals surface area contributed by atoms with Gasteiger partial charge < -0.3 is 4.42 Å². The Morgan fingerprint density at radius 2 is 1.85 bits per heavy atom. The van der Waals surface area contributed by atoms with Crippen molar-refractivity contribution in [3.63, 3.8) is 0 Å². The zero-order valence-electron chi connectivity index (χ0n) is 17.9. The van der Waals surface area contributed by atoms with Crippen LogP contribution in [0.1, 0.15) is 18.4 Å². The van der Waals surface area contributed by atoms with E-state index in [9.17, 15) is 23.3 Å². The largest absolute Gasteiger partial charge is 0.403 e. The number of sulfonamides is 1. The molecule has 0 spiro atoms. The Morgan fingerprint density at radius 1 is 1.12 bits per heavy atom. The Balaban J connectivity index is 1.33. The van der Waals surface area contributed by atoms with Crippen LogP contribution in [0.3, 0.4) is 0 Å². The number of benzene rings is 2. The van der Waals surface area contributed by atoms with Crippen molar-refractivity contribution in [3.05, 3.63) is 75.7 Å². The van der Waals surface area contributed by atoms with E-state index in [0.29, 0.717) is 18.4 Å². The second-order valence-corrected chi connectivity index (χ2v) is 9.46. The lowest BCUT2D eigenvalue weighted by Gasteiger charge is -2.29. The first-order valence-corrected chi connectivity index (χ1v) is 11.9. The summed E-state index contributed by atoms with van der Waals surface area (Å²) in [5.74, 6) is -0.742. The van der Waals surface area contributed by atoms with E-state index in [-0.39, 0.29) is 36.6 Å². The van der Waals surface area contributed by atoms with Gasteiger partial charge in [0.05, 0.1) is 4.92 Å². The molecule has 0 radical (unpaired) electrons. The highest BCUT2D eigenvalue weighted by Crippen LogP contribution is 2.25. The van der Waals surface area contributed by atoms with Crippen LogP contribution in [-0.2, 0) is 14.8 Å². The number of carbonyl (C=O) groups is 1. The van der Waals surface area contributed by atoms with E-state index in [2.05, 4.69) is 15.5 Å². The maximum Gasteiger partial charge on any atom is 0.322 e. The van der Waals surface area contributed by atoms with E-state index in [1.165, 1.54) is 27.9 Å². The zero-order valence-corrected chi connectivity index (χ0v) is 18.7. The number of amides is 1. The zero-order chi connectivity index (χ0) is 24.1. The summed E-state index contributed by atoms with van der Waals surface area (Å²) in [7, 11) is -3.59. The summed E-state index contributed by atoms with van der Waals surface area (Å²) < 4.78 is 32.0. The van der Waals surface area contributed by atoms with Gasteiger partial charge in [0.1, 0.15) is 0 Å². The molecule has 4 rings (SSSR count). The quantitative estimate of drug-likeness (QED) is 0.397. The third-order valence-corrected chi connectivity index (χ3v) is 6.94. The SMILES string of the molecule is O=C(Nc1nnc(-c2cccc([N+](=O)[O-])c2)o1)C1CCN(S(=O)(=O)C=Cc2ccccc2)CC1. The fourth-order valence-corrected chi connectivity index (χ4v) is 4.76. The molecule has 0 unspecified atom stereocenters. The van der Waals surface area contributed by atoms with E-state index < -0.39 is 20.9 Å². The van der Waals surface area contributed by atoms with E-state index in [1.807, 2.05) is 30.3 Å². The minimum Gasteiger partial charge on any atom is -0.403 e. The minimum atomic E-state index is -3.59. The fraction of sp³-hybridized carbons (Fsp3) is 0.227. The molecule has 1 aliphatic heterocycles. The van der Waals surface area contributed by atoms with Gasteiger partial charge in [-0.25, -0.2) is 8.42 Å². The number of hydrogen-bond donors (Lipinski definition) is 1. The molecule has 2 aromatic carbocycles. The van der Waals surface area contributed by atoms with E-state index in [0.717, 1.165) is 5.56 Å². The summed E-state index contributed by atoms with van der Waals surface area (Å²) in [4.78, 5) is 23.0. The third kappa shape index (κ3) is 5.53. The molecule has 0 atom stereocenters. The lowest BCUT2D eigenvalue weighted by Crippen LogP contribution is -2.40. The highest BCUT2D eigenvalue weighted by molar-refractivity contribution is 7.92. The first-order chi connectivity index (χ1) is 16.3. The number of nitrogens with zero attached hydrogens (tertiary/aromatic N) is 4. The maximum atomic E-state index is 12.6. The van der Waals surface area contributed by atoms with Gasteiger partial charge in [-0.15, -0.1) is 5.10 Å². The molecule has 0 bridgehead atoms. The van der Waals surface area contributed by atoms with Gasteiger partial charge in [-0.1, -0.05) is 41.5 Å². The first kappa shape index (κ1) is 23.3. The molecule has 0 saturated carbocycles. The average molecular weight is 484 g/mol. The summed E-state index contributed by atoms with van der Waals surface area (Å²) in [6.07, 6.45) is 2.23. The molecule has 1 aromatic heterocycles. The molecule has 1 aliphatic rings. The van der Waals surface area contributed by atoms with Crippen LogP contribution >= 0.6 is 0 Å². The van der Waals surface area contributed by atoms with Crippen molar-refractivity contribution in [2.75, 3.05) is 18.4 Å². The van der Waals surface area contributed by atoms with Gasteiger partial charge in [-0.2, -0.15) is 4.31 Å². The van der Waals surface area contributed by atoms with Crippen molar-refractivity contribution >= 4 is 33.7 Å². The number of piperidine rings is 1. The number of carbonyl (C=O) groups excluding carboxylic acids is 1. The number of rotatable bonds is 7. The van der Waals surface area contributed by atoms with E-state index in [1.54, 1.807) is 12.1 Å². The standard InChI is InChI=1S/C22H21N5O6S/c28-20(23-22-25-24-21(33-22)18-7-4-8-19(15-18)27(29)30)17-9-12-26(13-10-17)34(31,32)14-11-16-5-2-1-3-6-16/h1-8,11,14-15,17H,9-10,12-13H2,(H,23,25,28). The van der Waals surface area contributed by atoms with Crippen LogP contribution in [0.5, 0.6) is 0 Å². The average Bonchev–Trinajstić information content (AvgIpc) is 3.32. The lowest BCUT2D eigenvalue weighted by molar-refractivity contribution is -0.384.